The van der Waals surface area contributed by atoms with E-state index in [0.29, 0.717) is 23.6 Å². The molecule has 1 aliphatic rings. The van der Waals surface area contributed by atoms with Gasteiger partial charge in [0.05, 0.1) is 23.6 Å². The number of pyridine rings is 1. The van der Waals surface area contributed by atoms with Crippen LogP contribution in [0.15, 0.2) is 40.9 Å². The zero-order valence-electron chi connectivity index (χ0n) is 13.2. The van der Waals surface area contributed by atoms with Crippen LogP contribution in [0.1, 0.15) is 21.7 Å². The number of thiophene rings is 1. The summed E-state index contributed by atoms with van der Waals surface area (Å²) in [5.41, 5.74) is 0.533. The van der Waals surface area contributed by atoms with Gasteiger partial charge in [0.15, 0.2) is 9.84 Å². The van der Waals surface area contributed by atoms with Crippen LogP contribution in [-0.2, 0) is 16.4 Å². The fourth-order valence-corrected chi connectivity index (χ4v) is 5.80. The molecule has 2 aromatic heterocycles. The van der Waals surface area contributed by atoms with Crippen LogP contribution in [0.25, 0.3) is 0 Å². The van der Waals surface area contributed by atoms with E-state index in [1.165, 1.54) is 11.8 Å². The summed E-state index contributed by atoms with van der Waals surface area (Å²) in [6.45, 7) is 0.430. The summed E-state index contributed by atoms with van der Waals surface area (Å²) in [6, 6.07) is 7.12. The number of carbonyl (C=O) groups is 1. The number of amides is 1. The third kappa shape index (κ3) is 3.81. The molecular weight excluding hydrogens is 364 g/mol. The molecule has 0 aliphatic carbocycles. The number of nitrogens with zero attached hydrogens (tertiary/aromatic N) is 2. The predicted molar refractivity (Wildman–Crippen MR) is 97.3 cm³/mol. The Labute approximate surface area is 150 Å². The van der Waals surface area contributed by atoms with E-state index < -0.39 is 9.84 Å². The predicted octanol–water partition coefficient (Wildman–Crippen LogP) is 2.69. The smallest absolute Gasteiger partial charge is 0.257 e. The van der Waals surface area contributed by atoms with Crippen LogP contribution in [0, 0.1) is 0 Å². The summed E-state index contributed by atoms with van der Waals surface area (Å²) in [4.78, 5) is 20.1. The van der Waals surface area contributed by atoms with E-state index in [1.807, 2.05) is 23.8 Å². The van der Waals surface area contributed by atoms with E-state index in [4.69, 9.17) is 0 Å². The van der Waals surface area contributed by atoms with E-state index in [-0.39, 0.29) is 23.5 Å². The lowest BCUT2D eigenvalue weighted by Crippen LogP contribution is -2.40. The average molecular weight is 383 g/mol. The number of carbonyl (C=O) groups excluding carboxylic acids is 1. The standard InChI is InChI=1S/C16H18N2O3S3/c1-22-15-14(5-2-7-17-15)16(19)18(10-13-4-3-8-23-13)12-6-9-24(20,21)11-12/h2-5,7-8,12H,6,9-11H2,1H3. The van der Waals surface area contributed by atoms with Crippen molar-refractivity contribution in [3.05, 3.63) is 46.3 Å². The number of hydrogen-bond acceptors (Lipinski definition) is 6. The summed E-state index contributed by atoms with van der Waals surface area (Å²) >= 11 is 2.99. The van der Waals surface area contributed by atoms with Gasteiger partial charge in [-0.05, 0) is 36.3 Å². The van der Waals surface area contributed by atoms with E-state index >= 15 is 0 Å². The number of thioether (sulfide) groups is 1. The summed E-state index contributed by atoms with van der Waals surface area (Å²) in [6.07, 6.45) is 4.03. The van der Waals surface area contributed by atoms with Gasteiger partial charge in [0.25, 0.3) is 5.91 Å². The Kier molecular flexibility index (Phi) is 5.27. The first-order valence-electron chi connectivity index (χ1n) is 7.53. The third-order valence-corrected chi connectivity index (χ3v) is 7.33. The van der Waals surface area contributed by atoms with Gasteiger partial charge in [-0.15, -0.1) is 23.1 Å². The van der Waals surface area contributed by atoms with Crippen LogP contribution in [0.3, 0.4) is 0 Å². The molecule has 24 heavy (non-hydrogen) atoms. The van der Waals surface area contributed by atoms with Crippen LogP contribution in [0.5, 0.6) is 0 Å². The summed E-state index contributed by atoms with van der Waals surface area (Å²) < 4.78 is 23.8. The molecule has 1 saturated heterocycles. The highest BCUT2D eigenvalue weighted by Crippen LogP contribution is 2.26. The highest BCUT2D eigenvalue weighted by molar-refractivity contribution is 7.98. The van der Waals surface area contributed by atoms with Gasteiger partial charge >= 0.3 is 0 Å². The van der Waals surface area contributed by atoms with Gasteiger partial charge < -0.3 is 4.90 Å². The topological polar surface area (TPSA) is 67.3 Å². The van der Waals surface area contributed by atoms with Crippen molar-refractivity contribution in [1.82, 2.24) is 9.88 Å². The van der Waals surface area contributed by atoms with Gasteiger partial charge in [0.2, 0.25) is 0 Å². The minimum Gasteiger partial charge on any atom is -0.329 e. The SMILES string of the molecule is CSc1ncccc1C(=O)N(Cc1cccs1)C1CCS(=O)(=O)C1. The molecule has 5 nitrogen and oxygen atoms in total. The van der Waals surface area contributed by atoms with Gasteiger partial charge in [-0.1, -0.05) is 6.07 Å². The first kappa shape index (κ1) is 17.4. The average Bonchev–Trinajstić information content (AvgIpc) is 3.21. The number of aromatic nitrogens is 1. The van der Waals surface area contributed by atoms with E-state index in [9.17, 15) is 13.2 Å². The van der Waals surface area contributed by atoms with Crippen LogP contribution < -0.4 is 0 Å². The summed E-state index contributed by atoms with van der Waals surface area (Å²) in [5.74, 6) is 0.0377. The van der Waals surface area contributed by atoms with Gasteiger partial charge in [0.1, 0.15) is 5.03 Å². The van der Waals surface area contributed by atoms with Crippen molar-refractivity contribution in [2.24, 2.45) is 0 Å². The van der Waals surface area contributed by atoms with E-state index in [2.05, 4.69) is 4.98 Å². The van der Waals surface area contributed by atoms with Crippen molar-refractivity contribution in [2.75, 3.05) is 17.8 Å². The molecule has 1 atom stereocenters. The molecule has 1 aliphatic heterocycles. The molecule has 0 N–H and O–H groups in total. The normalized spacial score (nSPS) is 19.3. The number of sulfone groups is 1. The molecular formula is C16H18N2O3S3. The Hall–Kier alpha value is -1.38. The second-order valence-electron chi connectivity index (χ2n) is 5.63. The molecule has 0 saturated carbocycles. The molecule has 2 aromatic rings. The maximum Gasteiger partial charge on any atom is 0.257 e. The van der Waals surface area contributed by atoms with E-state index in [0.717, 1.165) is 4.88 Å². The van der Waals surface area contributed by atoms with Gasteiger partial charge in [-0.2, -0.15) is 0 Å². The zero-order valence-corrected chi connectivity index (χ0v) is 15.7. The molecule has 0 radical (unpaired) electrons. The molecule has 3 rings (SSSR count). The second kappa shape index (κ2) is 7.25. The maximum absolute atomic E-state index is 13.1. The van der Waals surface area contributed by atoms with Crippen LogP contribution in [0.4, 0.5) is 0 Å². The zero-order chi connectivity index (χ0) is 17.2. The molecule has 1 fully saturated rings. The van der Waals surface area contributed by atoms with Crippen molar-refractivity contribution in [3.63, 3.8) is 0 Å². The molecule has 3 heterocycles. The summed E-state index contributed by atoms with van der Waals surface area (Å²) in [7, 11) is -3.06. The lowest BCUT2D eigenvalue weighted by molar-refractivity contribution is 0.0678. The molecule has 1 unspecified atom stereocenters. The highest BCUT2D eigenvalue weighted by atomic mass is 32.2. The van der Waals surface area contributed by atoms with Crippen molar-refractivity contribution in [3.8, 4) is 0 Å². The Morgan fingerprint density at radius 2 is 2.25 bits per heavy atom. The molecule has 1 amide bonds. The van der Waals surface area contributed by atoms with E-state index in [1.54, 1.807) is 34.6 Å². The van der Waals surface area contributed by atoms with Crippen LogP contribution in [-0.4, -0.2) is 48.0 Å². The quantitative estimate of drug-likeness (QED) is 0.744. The molecule has 8 heteroatoms. The van der Waals surface area contributed by atoms with Crippen LogP contribution >= 0.6 is 23.1 Å². The Bertz CT molecular complexity index is 819. The lowest BCUT2D eigenvalue weighted by atomic mass is 10.1. The molecule has 128 valence electrons. The Morgan fingerprint density at radius 3 is 2.88 bits per heavy atom. The Balaban J connectivity index is 1.93. The van der Waals surface area contributed by atoms with Crippen molar-refractivity contribution in [1.29, 1.82) is 0 Å². The largest absolute Gasteiger partial charge is 0.329 e. The van der Waals surface area contributed by atoms with Gasteiger partial charge in [0, 0.05) is 17.1 Å². The van der Waals surface area contributed by atoms with Crippen LogP contribution in [0.2, 0.25) is 0 Å². The minimum absolute atomic E-state index is 0.0407. The van der Waals surface area contributed by atoms with Crippen molar-refractivity contribution < 1.29 is 13.2 Å². The third-order valence-electron chi connectivity index (χ3n) is 4.01. The molecule has 0 spiro atoms. The number of rotatable bonds is 5. The van der Waals surface area contributed by atoms with Gasteiger partial charge in [-0.3, -0.25) is 4.79 Å². The maximum atomic E-state index is 13.1. The van der Waals surface area contributed by atoms with Gasteiger partial charge in [-0.25, -0.2) is 13.4 Å². The Morgan fingerprint density at radius 1 is 1.42 bits per heavy atom. The van der Waals surface area contributed by atoms with Crippen molar-refractivity contribution >= 4 is 38.8 Å². The molecule has 0 aromatic carbocycles. The highest BCUT2D eigenvalue weighted by Gasteiger charge is 2.35. The first-order chi connectivity index (χ1) is 11.5. The first-order valence-corrected chi connectivity index (χ1v) is 11.5. The molecule has 0 bridgehead atoms. The minimum atomic E-state index is -3.06. The van der Waals surface area contributed by atoms with Crippen molar-refractivity contribution in [2.45, 2.75) is 24.0 Å². The summed E-state index contributed by atoms with van der Waals surface area (Å²) in [5, 5.41) is 2.63. The monoisotopic (exact) mass is 382 g/mol. The lowest BCUT2D eigenvalue weighted by Gasteiger charge is -2.28. The fourth-order valence-electron chi connectivity index (χ4n) is 2.83. The second-order valence-corrected chi connectivity index (χ2v) is 9.69. The number of hydrogen-bond donors (Lipinski definition) is 0. The fraction of sp³-hybridized carbons (Fsp3) is 0.375.